The Kier molecular flexibility index (Phi) is 8.57. The summed E-state index contributed by atoms with van der Waals surface area (Å²) in [6.45, 7) is 4.04. The zero-order valence-electron chi connectivity index (χ0n) is 14.4. The second-order valence-electron chi connectivity index (χ2n) is 6.33. The van der Waals surface area contributed by atoms with Crippen molar-refractivity contribution in [1.29, 1.82) is 0 Å². The molecule has 1 rings (SSSR count). The average Bonchev–Trinajstić information content (AvgIpc) is 2.56. The lowest BCUT2D eigenvalue weighted by molar-refractivity contribution is -0.116. The minimum atomic E-state index is -3.68. The van der Waals surface area contributed by atoms with Crippen molar-refractivity contribution in [3.63, 3.8) is 0 Å². The molecule has 0 aliphatic heterocycles. The van der Waals surface area contributed by atoms with Crippen LogP contribution in [0.4, 0.5) is 4.39 Å². The molecule has 0 aromatic heterocycles. The number of halogens is 2. The Balaban J connectivity index is 3.21. The molecule has 0 unspecified atom stereocenters. The molecule has 0 spiro atoms. The Bertz CT molecular complexity index is 636. The standard InChI is InChI=1S/C18H26BrFO3S/c1-3-5-9-18(13-21,10-6-4-2)14-24(22,23)17-8-7-16(20)11-15(17)12-19/h7-8,11,13H,3-6,9-10,12,14H2,1-2H3. The number of sulfone groups is 1. The minimum absolute atomic E-state index is 0.111. The Morgan fingerprint density at radius 2 is 1.75 bits per heavy atom. The lowest BCUT2D eigenvalue weighted by atomic mass is 9.81. The van der Waals surface area contributed by atoms with E-state index in [1.54, 1.807) is 0 Å². The fourth-order valence-corrected chi connectivity index (χ4v) is 5.62. The monoisotopic (exact) mass is 420 g/mol. The number of carbonyl (C=O) groups is 1. The summed E-state index contributed by atoms with van der Waals surface area (Å²) in [5, 5.41) is 0.247. The first-order valence-electron chi connectivity index (χ1n) is 8.37. The third-order valence-corrected chi connectivity index (χ3v) is 6.91. The van der Waals surface area contributed by atoms with Crippen LogP contribution in [0.5, 0.6) is 0 Å². The summed E-state index contributed by atoms with van der Waals surface area (Å²) >= 11 is 3.21. The molecule has 0 aliphatic rings. The van der Waals surface area contributed by atoms with E-state index in [0.717, 1.165) is 38.0 Å². The van der Waals surface area contributed by atoms with Crippen LogP contribution in [-0.2, 0) is 20.0 Å². The molecule has 0 aliphatic carbocycles. The molecule has 1 aromatic carbocycles. The topological polar surface area (TPSA) is 51.2 Å². The van der Waals surface area contributed by atoms with Crippen LogP contribution in [-0.4, -0.2) is 20.5 Å². The van der Waals surface area contributed by atoms with Crippen LogP contribution in [0.1, 0.15) is 57.9 Å². The number of benzene rings is 1. The van der Waals surface area contributed by atoms with Gasteiger partial charge in [0.05, 0.1) is 10.6 Å². The van der Waals surface area contributed by atoms with Gasteiger partial charge in [0.2, 0.25) is 0 Å². The highest BCUT2D eigenvalue weighted by Crippen LogP contribution is 2.34. The predicted octanol–water partition coefficient (Wildman–Crippen LogP) is 5.06. The van der Waals surface area contributed by atoms with Gasteiger partial charge in [0.25, 0.3) is 0 Å². The van der Waals surface area contributed by atoms with E-state index in [0.29, 0.717) is 18.4 Å². The number of unbranched alkanes of at least 4 members (excludes halogenated alkanes) is 2. The van der Waals surface area contributed by atoms with Crippen LogP contribution < -0.4 is 0 Å². The highest BCUT2D eigenvalue weighted by molar-refractivity contribution is 9.08. The summed E-state index contributed by atoms with van der Waals surface area (Å²) in [7, 11) is -3.68. The van der Waals surface area contributed by atoms with Gasteiger partial charge in [-0.3, -0.25) is 0 Å². The fourth-order valence-electron chi connectivity index (χ4n) is 2.89. The lowest BCUT2D eigenvalue weighted by Gasteiger charge is -2.28. The number of hydrogen-bond acceptors (Lipinski definition) is 3. The van der Waals surface area contributed by atoms with Crippen molar-refractivity contribution in [2.45, 2.75) is 62.6 Å². The van der Waals surface area contributed by atoms with Crippen molar-refractivity contribution in [2.75, 3.05) is 5.75 Å². The van der Waals surface area contributed by atoms with Crippen molar-refractivity contribution in [2.24, 2.45) is 5.41 Å². The van der Waals surface area contributed by atoms with Crippen molar-refractivity contribution >= 4 is 32.1 Å². The molecule has 0 radical (unpaired) electrons. The Hall–Kier alpha value is -0.750. The molecule has 0 saturated carbocycles. The van der Waals surface area contributed by atoms with Crippen molar-refractivity contribution in [3.8, 4) is 0 Å². The van der Waals surface area contributed by atoms with Crippen LogP contribution in [0.15, 0.2) is 23.1 Å². The fraction of sp³-hybridized carbons (Fsp3) is 0.611. The molecule has 0 heterocycles. The summed E-state index contributed by atoms with van der Waals surface area (Å²) in [6, 6.07) is 3.68. The van der Waals surface area contributed by atoms with Crippen molar-refractivity contribution < 1.29 is 17.6 Å². The molecule has 0 N–H and O–H groups in total. The second-order valence-corrected chi connectivity index (χ2v) is 8.85. The van der Waals surface area contributed by atoms with Crippen LogP contribution >= 0.6 is 15.9 Å². The number of rotatable bonds is 11. The summed E-state index contributed by atoms with van der Waals surface area (Å²) in [4.78, 5) is 11.9. The molecule has 0 amide bonds. The van der Waals surface area contributed by atoms with Gasteiger partial charge in [0.1, 0.15) is 12.1 Å². The molecule has 0 saturated heterocycles. The van der Waals surface area contributed by atoms with Gasteiger partial charge < -0.3 is 4.79 Å². The zero-order chi connectivity index (χ0) is 18.2. The number of aldehydes is 1. The highest BCUT2D eigenvalue weighted by atomic mass is 79.9. The second kappa shape index (κ2) is 9.66. The normalized spacial score (nSPS) is 12.3. The first-order chi connectivity index (χ1) is 11.3. The van der Waals surface area contributed by atoms with Gasteiger partial charge >= 0.3 is 0 Å². The third kappa shape index (κ3) is 5.66. The molecule has 24 heavy (non-hydrogen) atoms. The maximum atomic E-state index is 13.4. The number of carbonyl (C=O) groups excluding carboxylic acids is 1. The maximum Gasteiger partial charge on any atom is 0.179 e. The van der Waals surface area contributed by atoms with Gasteiger partial charge in [0, 0.05) is 10.7 Å². The van der Waals surface area contributed by atoms with E-state index in [4.69, 9.17) is 0 Å². The first kappa shape index (κ1) is 21.3. The Morgan fingerprint density at radius 1 is 1.17 bits per heavy atom. The minimum Gasteiger partial charge on any atom is -0.303 e. The van der Waals surface area contributed by atoms with Crippen LogP contribution in [0, 0.1) is 11.2 Å². The Labute approximate surface area is 153 Å². The molecular weight excluding hydrogens is 395 g/mol. The van der Waals surface area contributed by atoms with Crippen LogP contribution in [0.2, 0.25) is 0 Å². The molecule has 0 atom stereocenters. The van der Waals surface area contributed by atoms with E-state index >= 15 is 0 Å². The van der Waals surface area contributed by atoms with Crippen molar-refractivity contribution in [1.82, 2.24) is 0 Å². The van der Waals surface area contributed by atoms with Gasteiger partial charge in [-0.05, 0) is 36.6 Å². The average molecular weight is 421 g/mol. The van der Waals surface area contributed by atoms with Crippen LogP contribution in [0.3, 0.4) is 0 Å². The first-order valence-corrected chi connectivity index (χ1v) is 11.1. The van der Waals surface area contributed by atoms with Gasteiger partial charge in [-0.15, -0.1) is 0 Å². The number of alkyl halides is 1. The van der Waals surface area contributed by atoms with E-state index < -0.39 is 21.1 Å². The quantitative estimate of drug-likeness (QED) is 0.285. The van der Waals surface area contributed by atoms with Crippen LogP contribution in [0.25, 0.3) is 0 Å². The molecule has 136 valence electrons. The van der Waals surface area contributed by atoms with Crippen molar-refractivity contribution in [3.05, 3.63) is 29.6 Å². The van der Waals surface area contributed by atoms with Gasteiger partial charge in [0.15, 0.2) is 9.84 Å². The summed E-state index contributed by atoms with van der Waals surface area (Å²) in [5.74, 6) is -0.684. The molecular formula is C18H26BrFO3S. The molecule has 3 nitrogen and oxygen atoms in total. The molecule has 6 heteroatoms. The maximum absolute atomic E-state index is 13.4. The summed E-state index contributed by atoms with van der Waals surface area (Å²) in [6.07, 6.45) is 5.40. The largest absolute Gasteiger partial charge is 0.303 e. The Morgan fingerprint density at radius 3 is 2.21 bits per heavy atom. The van der Waals surface area contributed by atoms with E-state index in [1.807, 2.05) is 13.8 Å². The van der Waals surface area contributed by atoms with E-state index in [1.165, 1.54) is 12.1 Å². The molecule has 1 aromatic rings. The predicted molar refractivity (Wildman–Crippen MR) is 98.6 cm³/mol. The van der Waals surface area contributed by atoms with E-state index in [2.05, 4.69) is 15.9 Å². The third-order valence-electron chi connectivity index (χ3n) is 4.29. The van der Waals surface area contributed by atoms with Gasteiger partial charge in [-0.25, -0.2) is 12.8 Å². The smallest absolute Gasteiger partial charge is 0.179 e. The molecule has 0 fully saturated rings. The molecule has 0 bridgehead atoms. The lowest BCUT2D eigenvalue weighted by Crippen LogP contribution is -2.32. The summed E-state index contributed by atoms with van der Waals surface area (Å²) < 4.78 is 39.2. The summed E-state index contributed by atoms with van der Waals surface area (Å²) in [5.41, 5.74) is -0.469. The van der Waals surface area contributed by atoms with E-state index in [9.17, 15) is 17.6 Å². The zero-order valence-corrected chi connectivity index (χ0v) is 16.8. The highest BCUT2D eigenvalue weighted by Gasteiger charge is 2.35. The van der Waals surface area contributed by atoms with Gasteiger partial charge in [-0.2, -0.15) is 0 Å². The number of hydrogen-bond donors (Lipinski definition) is 0. The SMILES string of the molecule is CCCCC(C=O)(CCCC)CS(=O)(=O)c1ccc(F)cc1CBr. The van der Waals surface area contributed by atoms with E-state index in [-0.39, 0.29) is 16.0 Å². The van der Waals surface area contributed by atoms with Gasteiger partial charge in [-0.1, -0.05) is 55.5 Å².